The average Bonchev–Trinajstić information content (AvgIpc) is 2.24. The third-order valence-corrected chi connectivity index (χ3v) is 4.10. The van der Waals surface area contributed by atoms with E-state index < -0.39 is 11.7 Å². The molecule has 17 heavy (non-hydrogen) atoms. The Balaban J connectivity index is 2.40. The Labute approximate surface area is 103 Å². The predicted molar refractivity (Wildman–Crippen MR) is 65.4 cm³/mol. The van der Waals surface area contributed by atoms with E-state index in [1.807, 2.05) is 6.92 Å². The number of hydrogen-bond acceptors (Lipinski definition) is 2. The molecule has 0 amide bonds. The van der Waals surface area contributed by atoms with Crippen LogP contribution >= 0.6 is 11.8 Å². The number of rotatable bonds is 0. The van der Waals surface area contributed by atoms with E-state index in [1.165, 1.54) is 6.07 Å². The number of alkyl halides is 3. The second-order valence-electron chi connectivity index (χ2n) is 4.09. The summed E-state index contributed by atoms with van der Waals surface area (Å²) in [6, 6.07) is 3.96. The van der Waals surface area contributed by atoms with Crippen LogP contribution in [0.25, 0.3) is 0 Å². The monoisotopic (exact) mass is 261 g/mol. The van der Waals surface area contributed by atoms with Gasteiger partial charge in [0.25, 0.3) is 0 Å². The van der Waals surface area contributed by atoms with Crippen LogP contribution in [0.4, 0.5) is 18.9 Å². The third kappa shape index (κ3) is 2.89. The summed E-state index contributed by atoms with van der Waals surface area (Å²) in [6.07, 6.45) is -3.22. The Morgan fingerprint density at radius 3 is 2.82 bits per heavy atom. The highest BCUT2D eigenvalue weighted by molar-refractivity contribution is 7.99. The Hall–Kier alpha value is -0.840. The maximum absolute atomic E-state index is 12.6. The predicted octanol–water partition coefficient (Wildman–Crippen LogP) is 4.32. The Morgan fingerprint density at radius 1 is 1.35 bits per heavy atom. The van der Waals surface area contributed by atoms with Crippen molar-refractivity contribution in [3.63, 3.8) is 0 Å². The molecule has 0 saturated heterocycles. The van der Waals surface area contributed by atoms with Crippen molar-refractivity contribution in [2.24, 2.45) is 0 Å². The normalized spacial score (nSPS) is 21.1. The molecule has 1 aromatic rings. The zero-order valence-corrected chi connectivity index (χ0v) is 10.3. The first-order chi connectivity index (χ1) is 7.98. The Bertz CT molecular complexity index is 403. The molecule has 5 heteroatoms. The first-order valence-electron chi connectivity index (χ1n) is 5.55. The van der Waals surface area contributed by atoms with Crippen LogP contribution in [0.3, 0.4) is 0 Å². The zero-order valence-electron chi connectivity index (χ0n) is 9.47. The van der Waals surface area contributed by atoms with E-state index in [-0.39, 0.29) is 5.25 Å². The first-order valence-corrected chi connectivity index (χ1v) is 6.60. The van der Waals surface area contributed by atoms with Gasteiger partial charge in [-0.1, -0.05) is 0 Å². The molecular formula is C12H14F3NS. The lowest BCUT2D eigenvalue weighted by Crippen LogP contribution is -2.12. The van der Waals surface area contributed by atoms with Crippen molar-refractivity contribution in [2.45, 2.75) is 24.8 Å². The van der Waals surface area contributed by atoms with Crippen LogP contribution in [0.15, 0.2) is 18.2 Å². The number of nitrogens with one attached hydrogen (secondary N) is 1. The van der Waals surface area contributed by atoms with Crippen LogP contribution in [0.1, 0.15) is 29.7 Å². The molecule has 1 unspecified atom stereocenters. The molecule has 1 N–H and O–H groups in total. The molecule has 1 heterocycles. The number of halogens is 3. The van der Waals surface area contributed by atoms with E-state index in [4.69, 9.17) is 0 Å². The molecule has 94 valence electrons. The first kappa shape index (κ1) is 12.6. The van der Waals surface area contributed by atoms with Crippen molar-refractivity contribution in [1.29, 1.82) is 0 Å². The lowest BCUT2D eigenvalue weighted by molar-refractivity contribution is -0.137. The average molecular weight is 261 g/mol. The molecule has 1 aliphatic heterocycles. The smallest absolute Gasteiger partial charge is 0.385 e. The van der Waals surface area contributed by atoms with E-state index in [0.717, 1.165) is 36.0 Å². The Morgan fingerprint density at radius 2 is 2.12 bits per heavy atom. The van der Waals surface area contributed by atoms with Gasteiger partial charge in [0, 0.05) is 17.5 Å². The molecule has 0 radical (unpaired) electrons. The van der Waals surface area contributed by atoms with E-state index in [9.17, 15) is 13.2 Å². The maximum atomic E-state index is 12.6. The molecule has 2 rings (SSSR count). The van der Waals surface area contributed by atoms with E-state index in [1.54, 1.807) is 17.8 Å². The fourth-order valence-electron chi connectivity index (χ4n) is 1.88. The molecule has 0 spiro atoms. The van der Waals surface area contributed by atoms with Crippen LogP contribution in [0, 0.1) is 0 Å². The largest absolute Gasteiger partial charge is 0.416 e. The SMILES string of the molecule is CC1SCCCNc2ccc(C(F)(F)F)cc21. The second-order valence-corrected chi connectivity index (χ2v) is 5.54. The summed E-state index contributed by atoms with van der Waals surface area (Å²) in [6.45, 7) is 2.77. The molecule has 1 aliphatic rings. The summed E-state index contributed by atoms with van der Waals surface area (Å²) in [5.74, 6) is 0.976. The molecular weight excluding hydrogens is 247 g/mol. The minimum Gasteiger partial charge on any atom is -0.385 e. The minimum atomic E-state index is -4.26. The highest BCUT2D eigenvalue weighted by Crippen LogP contribution is 2.39. The maximum Gasteiger partial charge on any atom is 0.416 e. The van der Waals surface area contributed by atoms with Gasteiger partial charge in [-0.05, 0) is 42.9 Å². The summed E-state index contributed by atoms with van der Waals surface area (Å²) in [7, 11) is 0. The number of anilines is 1. The van der Waals surface area contributed by atoms with Gasteiger partial charge in [-0.2, -0.15) is 24.9 Å². The highest BCUT2D eigenvalue weighted by atomic mass is 32.2. The summed E-state index contributed by atoms with van der Waals surface area (Å²) in [4.78, 5) is 0. The summed E-state index contributed by atoms with van der Waals surface area (Å²) < 4.78 is 37.9. The number of benzene rings is 1. The van der Waals surface area contributed by atoms with Gasteiger partial charge in [0.1, 0.15) is 0 Å². The van der Waals surface area contributed by atoms with E-state index >= 15 is 0 Å². The minimum absolute atomic E-state index is 0.0973. The van der Waals surface area contributed by atoms with Crippen molar-refractivity contribution in [3.8, 4) is 0 Å². The van der Waals surface area contributed by atoms with Crippen LogP contribution in [0.5, 0.6) is 0 Å². The number of hydrogen-bond donors (Lipinski definition) is 1. The van der Waals surface area contributed by atoms with Gasteiger partial charge in [-0.15, -0.1) is 0 Å². The van der Waals surface area contributed by atoms with Crippen LogP contribution in [-0.4, -0.2) is 12.3 Å². The van der Waals surface area contributed by atoms with Crippen LogP contribution in [-0.2, 0) is 6.18 Å². The molecule has 0 aromatic heterocycles. The lowest BCUT2D eigenvalue weighted by atomic mass is 10.1. The Kier molecular flexibility index (Phi) is 3.56. The molecule has 0 fully saturated rings. The summed E-state index contributed by atoms with van der Waals surface area (Å²) in [5, 5.41) is 3.29. The zero-order chi connectivity index (χ0) is 12.5. The van der Waals surface area contributed by atoms with Crippen molar-refractivity contribution in [2.75, 3.05) is 17.6 Å². The van der Waals surface area contributed by atoms with Gasteiger partial charge in [0.15, 0.2) is 0 Å². The van der Waals surface area contributed by atoms with Gasteiger partial charge in [-0.25, -0.2) is 0 Å². The van der Waals surface area contributed by atoms with Crippen molar-refractivity contribution in [1.82, 2.24) is 0 Å². The molecule has 0 bridgehead atoms. The summed E-state index contributed by atoms with van der Waals surface area (Å²) >= 11 is 1.71. The molecule has 1 aromatic carbocycles. The lowest BCUT2D eigenvalue weighted by Gasteiger charge is -2.22. The van der Waals surface area contributed by atoms with E-state index in [0.29, 0.717) is 0 Å². The fourth-order valence-corrected chi connectivity index (χ4v) is 2.92. The van der Waals surface area contributed by atoms with E-state index in [2.05, 4.69) is 5.32 Å². The van der Waals surface area contributed by atoms with Gasteiger partial charge in [0.2, 0.25) is 0 Å². The number of fused-ring (bicyclic) bond motifs is 1. The van der Waals surface area contributed by atoms with Crippen LogP contribution in [0.2, 0.25) is 0 Å². The van der Waals surface area contributed by atoms with Crippen molar-refractivity contribution in [3.05, 3.63) is 29.3 Å². The molecule has 0 aliphatic carbocycles. The van der Waals surface area contributed by atoms with Gasteiger partial charge >= 0.3 is 6.18 Å². The van der Waals surface area contributed by atoms with Crippen LogP contribution < -0.4 is 5.32 Å². The van der Waals surface area contributed by atoms with Crippen molar-refractivity contribution < 1.29 is 13.2 Å². The second kappa shape index (κ2) is 4.80. The summed E-state index contributed by atoms with van der Waals surface area (Å²) in [5.41, 5.74) is 1.02. The number of thioether (sulfide) groups is 1. The quantitative estimate of drug-likeness (QED) is 0.746. The third-order valence-electron chi connectivity index (χ3n) is 2.82. The standard InChI is InChI=1S/C12H14F3NS/c1-8-10-7-9(12(13,14)15)3-4-11(10)16-5-2-6-17-8/h3-4,7-8,16H,2,5-6H2,1H3. The van der Waals surface area contributed by atoms with Gasteiger partial charge in [0.05, 0.1) is 5.56 Å². The van der Waals surface area contributed by atoms with Gasteiger partial charge in [-0.3, -0.25) is 0 Å². The van der Waals surface area contributed by atoms with Crippen molar-refractivity contribution >= 4 is 17.4 Å². The highest BCUT2D eigenvalue weighted by Gasteiger charge is 2.31. The molecule has 0 saturated carbocycles. The fraction of sp³-hybridized carbons (Fsp3) is 0.500. The van der Waals surface area contributed by atoms with Gasteiger partial charge < -0.3 is 5.32 Å². The molecule has 1 atom stereocenters. The molecule has 1 nitrogen and oxygen atoms in total. The topological polar surface area (TPSA) is 12.0 Å².